The Kier molecular flexibility index (Phi) is 4.27. The number of methoxy groups -OCH3 is 1. The lowest BCUT2D eigenvalue weighted by atomic mass is 10.0. The average Bonchev–Trinajstić information content (AvgIpc) is 2.37. The van der Waals surface area contributed by atoms with Gasteiger partial charge in [0.15, 0.2) is 0 Å². The summed E-state index contributed by atoms with van der Waals surface area (Å²) in [7, 11) is 1.60. The van der Waals surface area contributed by atoms with Crippen molar-refractivity contribution in [3.05, 3.63) is 40.9 Å². The summed E-state index contributed by atoms with van der Waals surface area (Å²) in [6.07, 6.45) is 0.779. The molecule has 0 atom stereocenters. The van der Waals surface area contributed by atoms with Crippen LogP contribution in [0.5, 0.6) is 5.75 Å². The van der Waals surface area contributed by atoms with Crippen LogP contribution in [0.2, 0.25) is 5.02 Å². The van der Waals surface area contributed by atoms with Crippen LogP contribution in [0.25, 0.3) is 10.8 Å². The summed E-state index contributed by atoms with van der Waals surface area (Å²) in [6, 6.07) is 9.91. The van der Waals surface area contributed by atoms with Crippen molar-refractivity contribution in [1.29, 1.82) is 0 Å². The van der Waals surface area contributed by atoms with Gasteiger partial charge in [0.2, 0.25) is 5.91 Å². The first-order valence-electron chi connectivity index (χ1n) is 6.11. The zero-order valence-electron chi connectivity index (χ0n) is 11.0. The molecular weight excluding hydrogens is 262 g/mol. The maximum atomic E-state index is 10.9. The number of carbonyl (C=O) groups excluding carboxylic acids is 1. The van der Waals surface area contributed by atoms with Crippen LogP contribution in [-0.4, -0.2) is 19.6 Å². The summed E-state index contributed by atoms with van der Waals surface area (Å²) in [5, 5.41) is 5.59. The van der Waals surface area contributed by atoms with Gasteiger partial charge in [0.1, 0.15) is 5.75 Å². The number of carbonyl (C=O) groups is 1. The SMILES string of the molecule is COc1cc2c(CCNC(C)=O)cccc2cc1Cl. The number of hydrogen-bond acceptors (Lipinski definition) is 2. The molecule has 100 valence electrons. The first-order valence-corrected chi connectivity index (χ1v) is 6.49. The topological polar surface area (TPSA) is 38.3 Å². The maximum absolute atomic E-state index is 10.9. The van der Waals surface area contributed by atoms with Crippen LogP contribution in [0.15, 0.2) is 30.3 Å². The third-order valence-corrected chi connectivity index (χ3v) is 3.31. The molecule has 0 aliphatic carbocycles. The lowest BCUT2D eigenvalue weighted by Crippen LogP contribution is -2.22. The van der Waals surface area contributed by atoms with Crippen molar-refractivity contribution in [3.63, 3.8) is 0 Å². The molecule has 19 heavy (non-hydrogen) atoms. The molecule has 0 bridgehead atoms. The van der Waals surface area contributed by atoms with E-state index >= 15 is 0 Å². The van der Waals surface area contributed by atoms with E-state index < -0.39 is 0 Å². The van der Waals surface area contributed by atoms with Crippen molar-refractivity contribution in [2.75, 3.05) is 13.7 Å². The van der Waals surface area contributed by atoms with E-state index in [1.807, 2.05) is 24.3 Å². The lowest BCUT2D eigenvalue weighted by Gasteiger charge is -2.10. The van der Waals surface area contributed by atoms with Crippen LogP contribution < -0.4 is 10.1 Å². The molecule has 2 rings (SSSR count). The number of halogens is 1. The number of benzene rings is 2. The zero-order chi connectivity index (χ0) is 13.8. The van der Waals surface area contributed by atoms with Crippen LogP contribution in [0, 0.1) is 0 Å². The molecule has 0 radical (unpaired) electrons. The van der Waals surface area contributed by atoms with Gasteiger partial charge in [0.05, 0.1) is 12.1 Å². The molecule has 2 aromatic rings. The molecular formula is C15H16ClNO2. The van der Waals surface area contributed by atoms with Gasteiger partial charge in [-0.25, -0.2) is 0 Å². The fourth-order valence-electron chi connectivity index (χ4n) is 2.09. The Morgan fingerprint density at radius 2 is 2.16 bits per heavy atom. The molecule has 2 aromatic carbocycles. The Hall–Kier alpha value is -1.74. The van der Waals surface area contributed by atoms with E-state index in [-0.39, 0.29) is 5.91 Å². The molecule has 0 aromatic heterocycles. The average molecular weight is 278 g/mol. The van der Waals surface area contributed by atoms with E-state index in [0.717, 1.165) is 17.2 Å². The molecule has 0 fully saturated rings. The van der Waals surface area contributed by atoms with Crippen LogP contribution >= 0.6 is 11.6 Å². The molecule has 1 N–H and O–H groups in total. The van der Waals surface area contributed by atoms with Crippen molar-refractivity contribution < 1.29 is 9.53 Å². The summed E-state index contributed by atoms with van der Waals surface area (Å²) in [5.41, 5.74) is 1.17. The Balaban J connectivity index is 2.35. The minimum absolute atomic E-state index is 0.0131. The van der Waals surface area contributed by atoms with Crippen molar-refractivity contribution in [3.8, 4) is 5.75 Å². The van der Waals surface area contributed by atoms with Crippen molar-refractivity contribution in [2.45, 2.75) is 13.3 Å². The second-order valence-corrected chi connectivity index (χ2v) is 4.77. The normalized spacial score (nSPS) is 10.5. The molecule has 0 heterocycles. The highest BCUT2D eigenvalue weighted by molar-refractivity contribution is 6.32. The highest BCUT2D eigenvalue weighted by Gasteiger charge is 2.07. The van der Waals surface area contributed by atoms with E-state index in [1.165, 1.54) is 12.5 Å². The van der Waals surface area contributed by atoms with Gasteiger partial charge in [-0.2, -0.15) is 0 Å². The first-order chi connectivity index (χ1) is 9.11. The van der Waals surface area contributed by atoms with Crippen molar-refractivity contribution in [1.82, 2.24) is 5.32 Å². The van der Waals surface area contributed by atoms with Gasteiger partial charge in [-0.3, -0.25) is 4.79 Å². The fraction of sp³-hybridized carbons (Fsp3) is 0.267. The number of nitrogens with one attached hydrogen (secondary N) is 1. The Morgan fingerprint density at radius 1 is 1.37 bits per heavy atom. The van der Waals surface area contributed by atoms with Crippen molar-refractivity contribution in [2.24, 2.45) is 0 Å². The molecule has 3 nitrogen and oxygen atoms in total. The largest absolute Gasteiger partial charge is 0.495 e. The monoisotopic (exact) mass is 277 g/mol. The Labute approximate surface area is 117 Å². The standard InChI is InChI=1S/C15H16ClNO2/c1-10(18)17-7-6-11-4-3-5-12-8-14(16)15(19-2)9-13(11)12/h3-5,8-9H,6-7H2,1-2H3,(H,17,18). The predicted molar refractivity (Wildman–Crippen MR) is 77.9 cm³/mol. The number of amides is 1. The number of fused-ring (bicyclic) bond motifs is 1. The van der Waals surface area contributed by atoms with Gasteiger partial charge in [0, 0.05) is 13.5 Å². The molecule has 0 unspecified atom stereocenters. The third kappa shape index (κ3) is 3.18. The molecule has 0 aliphatic heterocycles. The molecule has 4 heteroatoms. The Bertz CT molecular complexity index is 610. The summed E-state index contributed by atoms with van der Waals surface area (Å²) in [5.74, 6) is 0.655. The quantitative estimate of drug-likeness (QED) is 0.932. The van der Waals surface area contributed by atoms with Gasteiger partial charge in [-0.15, -0.1) is 0 Å². The second-order valence-electron chi connectivity index (χ2n) is 4.36. The highest BCUT2D eigenvalue weighted by Crippen LogP contribution is 2.31. The summed E-state index contributed by atoms with van der Waals surface area (Å²) in [6.45, 7) is 2.14. The summed E-state index contributed by atoms with van der Waals surface area (Å²) >= 11 is 6.12. The second kappa shape index (κ2) is 5.93. The minimum Gasteiger partial charge on any atom is -0.495 e. The fourth-order valence-corrected chi connectivity index (χ4v) is 2.34. The molecule has 0 saturated carbocycles. The van der Waals surface area contributed by atoms with E-state index in [1.54, 1.807) is 7.11 Å². The highest BCUT2D eigenvalue weighted by atomic mass is 35.5. The van der Waals surface area contributed by atoms with Gasteiger partial charge in [0.25, 0.3) is 0 Å². The zero-order valence-corrected chi connectivity index (χ0v) is 11.8. The third-order valence-electron chi connectivity index (χ3n) is 3.01. The van der Waals surface area contributed by atoms with Crippen LogP contribution in [0.3, 0.4) is 0 Å². The first kappa shape index (κ1) is 13.7. The number of ether oxygens (including phenoxy) is 1. The predicted octanol–water partition coefficient (Wildman–Crippen LogP) is 3.18. The number of rotatable bonds is 4. The van der Waals surface area contributed by atoms with Gasteiger partial charge >= 0.3 is 0 Å². The van der Waals surface area contributed by atoms with E-state index in [0.29, 0.717) is 17.3 Å². The van der Waals surface area contributed by atoms with E-state index in [9.17, 15) is 4.79 Å². The Morgan fingerprint density at radius 3 is 2.84 bits per heavy atom. The molecule has 0 spiro atoms. The summed E-state index contributed by atoms with van der Waals surface area (Å²) < 4.78 is 5.25. The van der Waals surface area contributed by atoms with Crippen LogP contribution in [-0.2, 0) is 11.2 Å². The maximum Gasteiger partial charge on any atom is 0.216 e. The molecule has 0 aliphatic rings. The summed E-state index contributed by atoms with van der Waals surface area (Å²) in [4.78, 5) is 10.9. The van der Waals surface area contributed by atoms with Crippen LogP contribution in [0.4, 0.5) is 0 Å². The smallest absolute Gasteiger partial charge is 0.216 e. The van der Waals surface area contributed by atoms with Gasteiger partial charge < -0.3 is 10.1 Å². The molecule has 1 amide bonds. The van der Waals surface area contributed by atoms with Crippen molar-refractivity contribution >= 4 is 28.3 Å². The van der Waals surface area contributed by atoms with E-state index in [2.05, 4.69) is 11.4 Å². The molecule has 0 saturated heterocycles. The lowest BCUT2D eigenvalue weighted by molar-refractivity contribution is -0.118. The number of hydrogen-bond donors (Lipinski definition) is 1. The van der Waals surface area contributed by atoms with Crippen LogP contribution in [0.1, 0.15) is 12.5 Å². The minimum atomic E-state index is -0.0131. The van der Waals surface area contributed by atoms with Gasteiger partial charge in [-0.1, -0.05) is 29.8 Å². The van der Waals surface area contributed by atoms with Gasteiger partial charge in [-0.05, 0) is 34.9 Å². The van der Waals surface area contributed by atoms with E-state index in [4.69, 9.17) is 16.3 Å².